The van der Waals surface area contributed by atoms with Crippen LogP contribution in [0.1, 0.15) is 11.1 Å². The maximum atomic E-state index is 11.7. The van der Waals surface area contributed by atoms with Crippen LogP contribution in [0.15, 0.2) is 12.1 Å². The van der Waals surface area contributed by atoms with E-state index in [1.54, 1.807) is 33.2 Å². The molecule has 1 amide bonds. The van der Waals surface area contributed by atoms with Crippen LogP contribution < -0.4 is 14.8 Å². The Morgan fingerprint density at radius 1 is 1.26 bits per heavy atom. The number of methoxy groups -OCH3 is 2. The minimum atomic E-state index is 0.0525. The van der Waals surface area contributed by atoms with E-state index in [0.717, 1.165) is 11.1 Å². The monoisotopic (exact) mass is 266 g/mol. The second kappa shape index (κ2) is 6.99. The zero-order valence-electron chi connectivity index (χ0n) is 12.2. The van der Waals surface area contributed by atoms with E-state index in [2.05, 4.69) is 5.32 Å². The average Bonchev–Trinajstić information content (AvgIpc) is 2.40. The van der Waals surface area contributed by atoms with Crippen molar-refractivity contribution in [1.82, 2.24) is 10.2 Å². The quantitative estimate of drug-likeness (QED) is 0.840. The summed E-state index contributed by atoms with van der Waals surface area (Å²) < 4.78 is 10.5. The first-order valence-electron chi connectivity index (χ1n) is 6.13. The van der Waals surface area contributed by atoms with E-state index in [1.807, 2.05) is 19.1 Å². The number of ether oxygens (including phenoxy) is 2. The van der Waals surface area contributed by atoms with Gasteiger partial charge >= 0.3 is 0 Å². The van der Waals surface area contributed by atoms with Crippen molar-refractivity contribution in [3.8, 4) is 11.5 Å². The lowest BCUT2D eigenvalue weighted by molar-refractivity contribution is -0.129. The molecule has 0 heterocycles. The van der Waals surface area contributed by atoms with Crippen molar-refractivity contribution in [3.63, 3.8) is 0 Å². The molecule has 0 radical (unpaired) electrons. The van der Waals surface area contributed by atoms with Gasteiger partial charge in [0.2, 0.25) is 5.91 Å². The first-order valence-corrected chi connectivity index (χ1v) is 6.13. The number of likely N-dealkylation sites (N-methyl/N-ethyl adjacent to an activating group) is 2. The van der Waals surface area contributed by atoms with Crippen molar-refractivity contribution >= 4 is 5.91 Å². The summed E-state index contributed by atoms with van der Waals surface area (Å²) >= 11 is 0. The van der Waals surface area contributed by atoms with Crippen LogP contribution in [0.2, 0.25) is 0 Å². The summed E-state index contributed by atoms with van der Waals surface area (Å²) in [6.07, 6.45) is 0. The van der Waals surface area contributed by atoms with Crippen LogP contribution in [0, 0.1) is 6.92 Å². The van der Waals surface area contributed by atoms with Gasteiger partial charge in [-0.25, -0.2) is 0 Å². The first kappa shape index (κ1) is 15.3. The fourth-order valence-electron chi connectivity index (χ4n) is 1.82. The van der Waals surface area contributed by atoms with Gasteiger partial charge in [0.05, 0.1) is 20.8 Å². The molecule has 0 aliphatic carbocycles. The van der Waals surface area contributed by atoms with E-state index < -0.39 is 0 Å². The average molecular weight is 266 g/mol. The summed E-state index contributed by atoms with van der Waals surface area (Å²) in [5, 5.41) is 2.85. The molecule has 1 N–H and O–H groups in total. The van der Waals surface area contributed by atoms with Gasteiger partial charge in [0.1, 0.15) is 0 Å². The number of aryl methyl sites for hydroxylation is 1. The van der Waals surface area contributed by atoms with E-state index in [1.165, 1.54) is 0 Å². The van der Waals surface area contributed by atoms with Crippen molar-refractivity contribution in [2.45, 2.75) is 13.5 Å². The predicted octanol–water partition coefficient (Wildman–Crippen LogP) is 1.19. The molecule has 0 saturated heterocycles. The molecule has 1 aromatic carbocycles. The van der Waals surface area contributed by atoms with Gasteiger partial charge < -0.3 is 19.7 Å². The second-order valence-electron chi connectivity index (χ2n) is 4.41. The largest absolute Gasteiger partial charge is 0.493 e. The highest BCUT2D eigenvalue weighted by atomic mass is 16.5. The summed E-state index contributed by atoms with van der Waals surface area (Å²) in [5.74, 6) is 1.43. The molecule has 0 saturated carbocycles. The molecule has 1 rings (SSSR count). The first-order chi connectivity index (χ1) is 9.03. The molecule has 0 aliphatic heterocycles. The Morgan fingerprint density at radius 3 is 2.37 bits per heavy atom. The van der Waals surface area contributed by atoms with Gasteiger partial charge in [-0.15, -0.1) is 0 Å². The molecule has 0 fully saturated rings. The van der Waals surface area contributed by atoms with Crippen LogP contribution >= 0.6 is 0 Å². The van der Waals surface area contributed by atoms with Gasteiger partial charge in [0.25, 0.3) is 0 Å². The number of carbonyl (C=O) groups excluding carboxylic acids is 1. The third-order valence-electron chi connectivity index (χ3n) is 3.00. The van der Waals surface area contributed by atoms with Gasteiger partial charge in [-0.3, -0.25) is 4.79 Å². The van der Waals surface area contributed by atoms with Crippen LogP contribution in [0.5, 0.6) is 11.5 Å². The molecule has 5 nitrogen and oxygen atoms in total. The minimum Gasteiger partial charge on any atom is -0.493 e. The SMILES string of the molecule is CNCC(=O)N(C)Cc1cc(OC)c(OC)cc1C. The molecule has 0 aromatic heterocycles. The Kier molecular flexibility index (Phi) is 5.63. The normalized spacial score (nSPS) is 10.2. The summed E-state index contributed by atoms with van der Waals surface area (Å²) in [4.78, 5) is 13.4. The van der Waals surface area contributed by atoms with Crippen molar-refractivity contribution in [2.24, 2.45) is 0 Å². The van der Waals surface area contributed by atoms with E-state index >= 15 is 0 Å². The van der Waals surface area contributed by atoms with E-state index in [0.29, 0.717) is 24.6 Å². The fourth-order valence-corrected chi connectivity index (χ4v) is 1.82. The molecular formula is C14H22N2O3. The number of amides is 1. The third kappa shape index (κ3) is 3.86. The van der Waals surface area contributed by atoms with E-state index in [9.17, 15) is 4.79 Å². The fraction of sp³-hybridized carbons (Fsp3) is 0.500. The van der Waals surface area contributed by atoms with Gasteiger partial charge in [-0.1, -0.05) is 0 Å². The van der Waals surface area contributed by atoms with Gasteiger partial charge in [0, 0.05) is 13.6 Å². The predicted molar refractivity (Wildman–Crippen MR) is 74.7 cm³/mol. The highest BCUT2D eigenvalue weighted by Gasteiger charge is 2.13. The van der Waals surface area contributed by atoms with Crippen molar-refractivity contribution in [2.75, 3.05) is 34.9 Å². The van der Waals surface area contributed by atoms with Crippen LogP contribution in [-0.4, -0.2) is 45.7 Å². The summed E-state index contributed by atoms with van der Waals surface area (Å²) in [6, 6.07) is 3.84. The highest BCUT2D eigenvalue weighted by molar-refractivity contribution is 5.78. The second-order valence-corrected chi connectivity index (χ2v) is 4.41. The van der Waals surface area contributed by atoms with Gasteiger partial charge in [-0.2, -0.15) is 0 Å². The van der Waals surface area contributed by atoms with Gasteiger partial charge in [0.15, 0.2) is 11.5 Å². The Hall–Kier alpha value is -1.75. The Bertz CT molecular complexity index is 447. The summed E-state index contributed by atoms with van der Waals surface area (Å²) in [5.41, 5.74) is 2.12. The standard InChI is InChI=1S/C14H22N2O3/c1-10-6-12(18-4)13(19-5)7-11(10)9-16(3)14(17)8-15-2/h6-7,15H,8-9H2,1-5H3. The molecule has 0 unspecified atom stereocenters. The number of nitrogens with zero attached hydrogens (tertiary/aromatic N) is 1. The maximum absolute atomic E-state index is 11.7. The lowest BCUT2D eigenvalue weighted by Gasteiger charge is -2.19. The van der Waals surface area contributed by atoms with E-state index in [-0.39, 0.29) is 5.91 Å². The van der Waals surface area contributed by atoms with Crippen molar-refractivity contribution in [1.29, 1.82) is 0 Å². The Labute approximate surface area is 114 Å². The van der Waals surface area contributed by atoms with Gasteiger partial charge in [-0.05, 0) is 37.2 Å². The number of nitrogens with one attached hydrogen (secondary N) is 1. The third-order valence-corrected chi connectivity index (χ3v) is 3.00. The summed E-state index contributed by atoms with van der Waals surface area (Å²) in [6.45, 7) is 2.88. The number of hydrogen-bond donors (Lipinski definition) is 1. The molecule has 5 heteroatoms. The molecule has 19 heavy (non-hydrogen) atoms. The van der Waals surface area contributed by atoms with Crippen molar-refractivity contribution < 1.29 is 14.3 Å². The number of carbonyl (C=O) groups is 1. The van der Waals surface area contributed by atoms with Crippen LogP contribution in [0.3, 0.4) is 0 Å². The lowest BCUT2D eigenvalue weighted by Crippen LogP contribution is -2.33. The zero-order chi connectivity index (χ0) is 14.4. The molecule has 0 bridgehead atoms. The Morgan fingerprint density at radius 2 is 1.84 bits per heavy atom. The van der Waals surface area contributed by atoms with Crippen LogP contribution in [0.4, 0.5) is 0 Å². The zero-order valence-corrected chi connectivity index (χ0v) is 12.2. The molecular weight excluding hydrogens is 244 g/mol. The van der Waals surface area contributed by atoms with Crippen LogP contribution in [0.25, 0.3) is 0 Å². The van der Waals surface area contributed by atoms with E-state index in [4.69, 9.17) is 9.47 Å². The number of hydrogen-bond acceptors (Lipinski definition) is 4. The summed E-state index contributed by atoms with van der Waals surface area (Å²) in [7, 11) is 6.76. The Balaban J connectivity index is 2.92. The number of benzene rings is 1. The highest BCUT2D eigenvalue weighted by Crippen LogP contribution is 2.30. The molecule has 0 atom stereocenters. The lowest BCUT2D eigenvalue weighted by atomic mass is 10.1. The number of rotatable bonds is 6. The molecule has 106 valence electrons. The topological polar surface area (TPSA) is 50.8 Å². The molecule has 1 aromatic rings. The molecule has 0 aliphatic rings. The van der Waals surface area contributed by atoms with Crippen molar-refractivity contribution in [3.05, 3.63) is 23.3 Å². The van der Waals surface area contributed by atoms with Crippen LogP contribution in [-0.2, 0) is 11.3 Å². The maximum Gasteiger partial charge on any atom is 0.236 e. The minimum absolute atomic E-state index is 0.0525. The smallest absolute Gasteiger partial charge is 0.236 e. The molecule has 0 spiro atoms.